The summed E-state index contributed by atoms with van der Waals surface area (Å²) in [6, 6.07) is 13.5. The quantitative estimate of drug-likeness (QED) is 0.727. The van der Waals surface area contributed by atoms with Gasteiger partial charge in [0.15, 0.2) is 11.5 Å². The van der Waals surface area contributed by atoms with Gasteiger partial charge in [0.05, 0.1) is 19.1 Å². The summed E-state index contributed by atoms with van der Waals surface area (Å²) in [5, 5.41) is 0. The fraction of sp³-hybridized carbons (Fsp3) is 0.440. The highest BCUT2D eigenvalue weighted by atomic mass is 16.7. The number of hydrogen-bond donors (Lipinski definition) is 0. The van der Waals surface area contributed by atoms with Gasteiger partial charge in [-0.05, 0) is 42.7 Å². The standard InChI is InChI=1S/C25H28N2O5/c1-30-20-9-6-17(7-10-20)21-5-3-2-4-12-26(21)25(29)18-13-24(28)27(15-18)19-8-11-22-23(14-19)32-16-31-22/h6-11,14,18,21H,2-5,12-13,15-16H2,1H3/t18-,21+/m1/s1. The number of nitrogens with zero attached hydrogens (tertiary/aromatic N) is 2. The Morgan fingerprint density at radius 1 is 1.03 bits per heavy atom. The molecule has 0 spiro atoms. The second-order valence-electron chi connectivity index (χ2n) is 8.61. The Bertz CT molecular complexity index is 1010. The van der Waals surface area contributed by atoms with E-state index in [1.54, 1.807) is 12.0 Å². The molecule has 2 amide bonds. The van der Waals surface area contributed by atoms with Crippen molar-refractivity contribution in [1.29, 1.82) is 0 Å². The van der Waals surface area contributed by atoms with Gasteiger partial charge in [-0.2, -0.15) is 0 Å². The molecule has 5 rings (SSSR count). The zero-order valence-corrected chi connectivity index (χ0v) is 18.3. The first kappa shape index (κ1) is 20.7. The molecule has 3 heterocycles. The van der Waals surface area contributed by atoms with Crippen LogP contribution < -0.4 is 19.1 Å². The summed E-state index contributed by atoms with van der Waals surface area (Å²) in [7, 11) is 1.65. The molecule has 0 unspecified atom stereocenters. The lowest BCUT2D eigenvalue weighted by Crippen LogP contribution is -2.40. The molecule has 3 aliphatic heterocycles. The Kier molecular flexibility index (Phi) is 5.64. The van der Waals surface area contributed by atoms with E-state index in [-0.39, 0.29) is 37.0 Å². The lowest BCUT2D eigenvalue weighted by molar-refractivity contribution is -0.138. The van der Waals surface area contributed by atoms with Crippen LogP contribution in [0.25, 0.3) is 0 Å². The van der Waals surface area contributed by atoms with Crippen molar-refractivity contribution < 1.29 is 23.8 Å². The predicted molar refractivity (Wildman–Crippen MR) is 119 cm³/mol. The highest BCUT2D eigenvalue weighted by Crippen LogP contribution is 2.38. The minimum atomic E-state index is -0.341. The van der Waals surface area contributed by atoms with Crippen molar-refractivity contribution in [3.05, 3.63) is 48.0 Å². The summed E-state index contributed by atoms with van der Waals surface area (Å²) in [5.41, 5.74) is 1.87. The average Bonchev–Trinajstić information content (AvgIpc) is 3.37. The van der Waals surface area contributed by atoms with Crippen LogP contribution in [0, 0.1) is 5.92 Å². The van der Waals surface area contributed by atoms with Crippen LogP contribution in [0.3, 0.4) is 0 Å². The number of hydrogen-bond acceptors (Lipinski definition) is 5. The Morgan fingerprint density at radius 2 is 1.84 bits per heavy atom. The Balaban J connectivity index is 1.35. The van der Waals surface area contributed by atoms with Gasteiger partial charge in [0, 0.05) is 31.3 Å². The molecule has 32 heavy (non-hydrogen) atoms. The molecule has 0 aromatic heterocycles. The summed E-state index contributed by atoms with van der Waals surface area (Å²) in [4.78, 5) is 30.2. The molecule has 0 N–H and O–H groups in total. The minimum absolute atomic E-state index is 0.0296. The minimum Gasteiger partial charge on any atom is -0.497 e. The van der Waals surface area contributed by atoms with Gasteiger partial charge in [-0.25, -0.2) is 0 Å². The third-order valence-corrected chi connectivity index (χ3v) is 6.68. The number of carbonyl (C=O) groups excluding carboxylic acids is 2. The first-order valence-corrected chi connectivity index (χ1v) is 11.3. The van der Waals surface area contributed by atoms with Crippen LogP contribution in [0.4, 0.5) is 5.69 Å². The molecule has 168 valence electrons. The van der Waals surface area contributed by atoms with Gasteiger partial charge in [0.1, 0.15) is 5.75 Å². The normalized spacial score (nSPS) is 22.7. The van der Waals surface area contributed by atoms with Crippen LogP contribution in [0.1, 0.15) is 43.7 Å². The SMILES string of the molecule is COc1ccc([C@@H]2CCCCCN2C(=O)[C@@H]2CC(=O)N(c3ccc4c(c3)OCO4)C2)cc1. The van der Waals surface area contributed by atoms with Gasteiger partial charge < -0.3 is 24.0 Å². The van der Waals surface area contributed by atoms with Gasteiger partial charge in [-0.3, -0.25) is 9.59 Å². The summed E-state index contributed by atoms with van der Waals surface area (Å²) >= 11 is 0. The Hall–Kier alpha value is -3.22. The molecule has 2 fully saturated rings. The van der Waals surface area contributed by atoms with E-state index in [0.717, 1.165) is 49.2 Å². The maximum atomic E-state index is 13.6. The first-order valence-electron chi connectivity index (χ1n) is 11.3. The third-order valence-electron chi connectivity index (χ3n) is 6.68. The first-order chi connectivity index (χ1) is 15.6. The van der Waals surface area contributed by atoms with Crippen LogP contribution in [0.5, 0.6) is 17.2 Å². The van der Waals surface area contributed by atoms with Crippen molar-refractivity contribution in [3.63, 3.8) is 0 Å². The Labute approximate surface area is 187 Å². The lowest BCUT2D eigenvalue weighted by atomic mass is 9.98. The number of likely N-dealkylation sites (tertiary alicyclic amines) is 1. The second-order valence-corrected chi connectivity index (χ2v) is 8.61. The van der Waals surface area contributed by atoms with Crippen LogP contribution in [0.2, 0.25) is 0 Å². The lowest BCUT2D eigenvalue weighted by Gasteiger charge is -2.32. The number of ether oxygens (including phenoxy) is 3. The van der Waals surface area contributed by atoms with Gasteiger partial charge in [-0.15, -0.1) is 0 Å². The van der Waals surface area contributed by atoms with E-state index in [0.29, 0.717) is 18.0 Å². The van der Waals surface area contributed by atoms with E-state index in [1.807, 2.05) is 47.4 Å². The van der Waals surface area contributed by atoms with E-state index in [9.17, 15) is 9.59 Å². The zero-order valence-electron chi connectivity index (χ0n) is 18.3. The second kappa shape index (κ2) is 8.73. The molecule has 2 aromatic rings. The number of carbonyl (C=O) groups is 2. The molecule has 7 heteroatoms. The molecule has 7 nitrogen and oxygen atoms in total. The topological polar surface area (TPSA) is 68.3 Å². The molecule has 0 bridgehead atoms. The summed E-state index contributed by atoms with van der Waals surface area (Å²) < 4.78 is 16.1. The van der Waals surface area contributed by atoms with E-state index < -0.39 is 0 Å². The van der Waals surface area contributed by atoms with E-state index >= 15 is 0 Å². The van der Waals surface area contributed by atoms with Crippen molar-refractivity contribution in [3.8, 4) is 17.2 Å². The third kappa shape index (κ3) is 3.87. The number of amides is 2. The molecule has 2 aromatic carbocycles. The van der Waals surface area contributed by atoms with Crippen molar-refractivity contribution in [2.45, 2.75) is 38.1 Å². The van der Waals surface area contributed by atoms with Gasteiger partial charge >= 0.3 is 0 Å². The molecular formula is C25H28N2O5. The van der Waals surface area contributed by atoms with Crippen molar-refractivity contribution in [1.82, 2.24) is 4.90 Å². The predicted octanol–water partition coefficient (Wildman–Crippen LogP) is 3.92. The summed E-state index contributed by atoms with van der Waals surface area (Å²) in [6.45, 7) is 1.31. The fourth-order valence-electron chi connectivity index (χ4n) is 4.95. The molecule has 0 saturated carbocycles. The highest BCUT2D eigenvalue weighted by Gasteiger charge is 2.39. The number of anilines is 1. The monoisotopic (exact) mass is 436 g/mol. The largest absolute Gasteiger partial charge is 0.497 e. The van der Waals surface area contributed by atoms with Crippen LogP contribution >= 0.6 is 0 Å². The van der Waals surface area contributed by atoms with Gasteiger partial charge in [-0.1, -0.05) is 25.0 Å². The Morgan fingerprint density at radius 3 is 2.66 bits per heavy atom. The summed E-state index contributed by atoms with van der Waals surface area (Å²) in [5.74, 6) is 1.83. The van der Waals surface area contributed by atoms with E-state index in [4.69, 9.17) is 14.2 Å². The smallest absolute Gasteiger partial charge is 0.231 e. The van der Waals surface area contributed by atoms with Crippen molar-refractivity contribution in [2.24, 2.45) is 5.92 Å². The number of benzene rings is 2. The fourth-order valence-corrected chi connectivity index (χ4v) is 4.95. The molecule has 0 radical (unpaired) electrons. The number of rotatable bonds is 4. The number of fused-ring (bicyclic) bond motifs is 1. The zero-order chi connectivity index (χ0) is 22.1. The molecular weight excluding hydrogens is 408 g/mol. The molecule has 2 saturated heterocycles. The van der Waals surface area contributed by atoms with Crippen LogP contribution in [-0.2, 0) is 9.59 Å². The van der Waals surface area contributed by atoms with E-state index in [2.05, 4.69) is 0 Å². The van der Waals surface area contributed by atoms with Gasteiger partial charge in [0.25, 0.3) is 0 Å². The molecule has 0 aliphatic carbocycles. The maximum absolute atomic E-state index is 13.6. The average molecular weight is 437 g/mol. The highest BCUT2D eigenvalue weighted by molar-refractivity contribution is 6.00. The van der Waals surface area contributed by atoms with Crippen LogP contribution in [0.15, 0.2) is 42.5 Å². The summed E-state index contributed by atoms with van der Waals surface area (Å²) in [6.07, 6.45) is 4.37. The molecule has 3 aliphatic rings. The van der Waals surface area contributed by atoms with Crippen LogP contribution in [-0.4, -0.2) is 43.7 Å². The van der Waals surface area contributed by atoms with Crippen molar-refractivity contribution >= 4 is 17.5 Å². The van der Waals surface area contributed by atoms with Crippen molar-refractivity contribution in [2.75, 3.05) is 31.9 Å². The maximum Gasteiger partial charge on any atom is 0.231 e. The molecule has 2 atom stereocenters. The van der Waals surface area contributed by atoms with Gasteiger partial charge in [0.2, 0.25) is 18.6 Å². The van der Waals surface area contributed by atoms with E-state index in [1.165, 1.54) is 0 Å². The number of methoxy groups -OCH3 is 1.